The van der Waals surface area contributed by atoms with E-state index in [1.165, 1.54) is 5.56 Å². The van der Waals surface area contributed by atoms with E-state index >= 15 is 0 Å². The van der Waals surface area contributed by atoms with Crippen LogP contribution in [0.3, 0.4) is 0 Å². The minimum atomic E-state index is 0.489. The number of aromatic nitrogens is 2. The second-order valence-corrected chi connectivity index (χ2v) is 6.45. The molecule has 1 fully saturated rings. The number of methoxy groups -OCH3 is 1. The van der Waals surface area contributed by atoms with Crippen molar-refractivity contribution in [3.8, 4) is 5.75 Å². The van der Waals surface area contributed by atoms with Crippen molar-refractivity contribution in [3.05, 3.63) is 47.8 Å². The van der Waals surface area contributed by atoms with E-state index in [-0.39, 0.29) is 0 Å². The standard InChI is InChI=1S/C19H26N4O/c1-15-8-11-20-19(21-15)22(2)17-10-13-23(14-17)12-9-16-4-6-18(24-3)7-5-16/h4-8,11,17H,9-10,12-14H2,1-3H3. The Labute approximate surface area is 144 Å². The minimum absolute atomic E-state index is 0.489. The van der Waals surface area contributed by atoms with Crippen molar-refractivity contribution in [1.29, 1.82) is 0 Å². The highest BCUT2D eigenvalue weighted by Crippen LogP contribution is 2.19. The van der Waals surface area contributed by atoms with Gasteiger partial charge in [0.05, 0.1) is 7.11 Å². The summed E-state index contributed by atoms with van der Waals surface area (Å²) >= 11 is 0. The fourth-order valence-corrected chi connectivity index (χ4v) is 3.18. The quantitative estimate of drug-likeness (QED) is 0.816. The lowest BCUT2D eigenvalue weighted by atomic mass is 10.1. The van der Waals surface area contributed by atoms with Gasteiger partial charge in [0.15, 0.2) is 0 Å². The highest BCUT2D eigenvalue weighted by atomic mass is 16.5. The normalized spacial score (nSPS) is 17.9. The molecule has 1 aliphatic rings. The third kappa shape index (κ3) is 4.03. The molecular weight excluding hydrogens is 300 g/mol. The zero-order valence-electron chi connectivity index (χ0n) is 14.8. The van der Waals surface area contributed by atoms with Crippen molar-refractivity contribution in [3.63, 3.8) is 0 Å². The second kappa shape index (κ2) is 7.62. The molecule has 0 spiro atoms. The average Bonchev–Trinajstić information content (AvgIpc) is 3.09. The summed E-state index contributed by atoms with van der Waals surface area (Å²) < 4.78 is 5.21. The van der Waals surface area contributed by atoms with Crippen LogP contribution >= 0.6 is 0 Å². The van der Waals surface area contributed by atoms with Gasteiger partial charge in [-0.3, -0.25) is 0 Å². The fraction of sp³-hybridized carbons (Fsp3) is 0.474. The van der Waals surface area contributed by atoms with Crippen LogP contribution in [0, 0.1) is 6.92 Å². The van der Waals surface area contributed by atoms with E-state index in [1.807, 2.05) is 31.3 Å². The molecule has 1 aromatic heterocycles. The van der Waals surface area contributed by atoms with Crippen LogP contribution in [0.5, 0.6) is 5.75 Å². The van der Waals surface area contributed by atoms with Gasteiger partial charge in [-0.15, -0.1) is 0 Å². The van der Waals surface area contributed by atoms with Gasteiger partial charge in [0.25, 0.3) is 0 Å². The molecule has 0 aliphatic carbocycles. The van der Waals surface area contributed by atoms with Gasteiger partial charge in [-0.25, -0.2) is 9.97 Å². The molecule has 1 aromatic carbocycles. The SMILES string of the molecule is COc1ccc(CCN2CCC(N(C)c3nccc(C)n3)C2)cc1. The molecule has 0 bridgehead atoms. The molecule has 3 rings (SSSR count). The number of likely N-dealkylation sites (N-methyl/N-ethyl adjacent to an activating group) is 1. The Morgan fingerprint density at radius 3 is 2.75 bits per heavy atom. The summed E-state index contributed by atoms with van der Waals surface area (Å²) in [4.78, 5) is 13.7. The molecule has 0 radical (unpaired) electrons. The summed E-state index contributed by atoms with van der Waals surface area (Å²) in [5.41, 5.74) is 2.37. The lowest BCUT2D eigenvalue weighted by Gasteiger charge is -2.25. The molecule has 1 unspecified atom stereocenters. The van der Waals surface area contributed by atoms with Gasteiger partial charge in [-0.2, -0.15) is 0 Å². The highest BCUT2D eigenvalue weighted by Gasteiger charge is 2.26. The van der Waals surface area contributed by atoms with Gasteiger partial charge in [0.1, 0.15) is 5.75 Å². The van der Waals surface area contributed by atoms with Crippen LogP contribution in [0.15, 0.2) is 36.5 Å². The smallest absolute Gasteiger partial charge is 0.225 e. The van der Waals surface area contributed by atoms with Gasteiger partial charge in [-0.05, 0) is 43.5 Å². The van der Waals surface area contributed by atoms with Crippen molar-refractivity contribution in [1.82, 2.24) is 14.9 Å². The molecule has 5 nitrogen and oxygen atoms in total. The first-order valence-corrected chi connectivity index (χ1v) is 8.53. The molecular formula is C19H26N4O. The van der Waals surface area contributed by atoms with Crippen molar-refractivity contribution in [2.75, 3.05) is 38.7 Å². The monoisotopic (exact) mass is 326 g/mol. The molecule has 1 atom stereocenters. The Hall–Kier alpha value is -2.14. The second-order valence-electron chi connectivity index (χ2n) is 6.45. The van der Waals surface area contributed by atoms with Crippen molar-refractivity contribution >= 4 is 5.95 Å². The van der Waals surface area contributed by atoms with Gasteiger partial charge in [-0.1, -0.05) is 12.1 Å². The van der Waals surface area contributed by atoms with Crippen LogP contribution in [0.2, 0.25) is 0 Å². The molecule has 2 heterocycles. The number of hydrogen-bond acceptors (Lipinski definition) is 5. The summed E-state index contributed by atoms with van der Waals surface area (Å²) in [5, 5.41) is 0. The Morgan fingerprint density at radius 1 is 1.25 bits per heavy atom. The molecule has 0 saturated carbocycles. The molecule has 0 N–H and O–H groups in total. The van der Waals surface area contributed by atoms with Gasteiger partial charge < -0.3 is 14.5 Å². The van der Waals surface area contributed by atoms with Crippen LogP contribution < -0.4 is 9.64 Å². The first-order chi connectivity index (χ1) is 11.7. The Morgan fingerprint density at radius 2 is 2.04 bits per heavy atom. The molecule has 24 heavy (non-hydrogen) atoms. The van der Waals surface area contributed by atoms with E-state index in [2.05, 4.69) is 38.9 Å². The van der Waals surface area contributed by atoms with Crippen molar-refractivity contribution in [2.45, 2.75) is 25.8 Å². The highest BCUT2D eigenvalue weighted by molar-refractivity contribution is 5.31. The lowest BCUT2D eigenvalue weighted by molar-refractivity contribution is 0.337. The van der Waals surface area contributed by atoms with Crippen molar-refractivity contribution in [2.24, 2.45) is 0 Å². The number of benzene rings is 1. The predicted molar refractivity (Wildman–Crippen MR) is 96.7 cm³/mol. The molecule has 5 heteroatoms. The van der Waals surface area contributed by atoms with Crippen LogP contribution in [-0.4, -0.2) is 54.7 Å². The van der Waals surface area contributed by atoms with Crippen LogP contribution in [0.4, 0.5) is 5.95 Å². The summed E-state index contributed by atoms with van der Waals surface area (Å²) in [5.74, 6) is 1.75. The summed E-state index contributed by atoms with van der Waals surface area (Å²) in [6, 6.07) is 10.8. The van der Waals surface area contributed by atoms with Gasteiger partial charge in [0.2, 0.25) is 5.95 Å². The topological polar surface area (TPSA) is 41.5 Å². The maximum absolute atomic E-state index is 5.21. The Balaban J connectivity index is 1.51. The van der Waals surface area contributed by atoms with Crippen LogP contribution in [0.1, 0.15) is 17.7 Å². The summed E-state index contributed by atoms with van der Waals surface area (Å²) in [7, 11) is 3.81. The third-order valence-corrected chi connectivity index (χ3v) is 4.77. The number of aryl methyl sites for hydroxylation is 1. The van der Waals surface area contributed by atoms with Gasteiger partial charge >= 0.3 is 0 Å². The van der Waals surface area contributed by atoms with E-state index in [0.29, 0.717) is 6.04 Å². The predicted octanol–water partition coefficient (Wildman–Crippen LogP) is 2.55. The molecule has 1 aliphatic heterocycles. The Bertz CT molecular complexity index is 659. The molecule has 2 aromatic rings. The van der Waals surface area contributed by atoms with E-state index in [0.717, 1.165) is 49.9 Å². The minimum Gasteiger partial charge on any atom is -0.497 e. The molecule has 128 valence electrons. The first kappa shape index (κ1) is 16.7. The average molecular weight is 326 g/mol. The van der Waals surface area contributed by atoms with Crippen LogP contribution in [-0.2, 0) is 6.42 Å². The van der Waals surface area contributed by atoms with E-state index in [4.69, 9.17) is 4.74 Å². The fourth-order valence-electron chi connectivity index (χ4n) is 3.18. The van der Waals surface area contributed by atoms with E-state index in [1.54, 1.807) is 7.11 Å². The zero-order valence-corrected chi connectivity index (χ0v) is 14.8. The lowest BCUT2D eigenvalue weighted by Crippen LogP contribution is -2.36. The summed E-state index contributed by atoms with van der Waals surface area (Å²) in [6.07, 6.45) is 4.07. The summed E-state index contributed by atoms with van der Waals surface area (Å²) in [6.45, 7) is 5.31. The number of likely N-dealkylation sites (tertiary alicyclic amines) is 1. The molecule has 0 amide bonds. The van der Waals surface area contributed by atoms with Gasteiger partial charge in [0, 0.05) is 44.6 Å². The number of anilines is 1. The first-order valence-electron chi connectivity index (χ1n) is 8.53. The van der Waals surface area contributed by atoms with E-state index in [9.17, 15) is 0 Å². The molecule has 1 saturated heterocycles. The number of nitrogens with zero attached hydrogens (tertiary/aromatic N) is 4. The maximum atomic E-state index is 5.21. The number of rotatable bonds is 6. The third-order valence-electron chi connectivity index (χ3n) is 4.77. The van der Waals surface area contributed by atoms with Crippen LogP contribution in [0.25, 0.3) is 0 Å². The maximum Gasteiger partial charge on any atom is 0.225 e. The zero-order chi connectivity index (χ0) is 16.9. The van der Waals surface area contributed by atoms with Crippen molar-refractivity contribution < 1.29 is 4.74 Å². The number of ether oxygens (including phenoxy) is 1. The number of hydrogen-bond donors (Lipinski definition) is 0. The Kier molecular flexibility index (Phi) is 5.30. The van der Waals surface area contributed by atoms with E-state index < -0.39 is 0 Å². The largest absolute Gasteiger partial charge is 0.497 e.